The summed E-state index contributed by atoms with van der Waals surface area (Å²) in [6, 6.07) is 17.1. The molecule has 12 heteroatoms. The van der Waals surface area contributed by atoms with Crippen molar-refractivity contribution >= 4 is 38.8 Å². The van der Waals surface area contributed by atoms with Crippen molar-refractivity contribution in [1.82, 2.24) is 10.3 Å². The summed E-state index contributed by atoms with van der Waals surface area (Å²) in [5, 5.41) is 10.5. The van der Waals surface area contributed by atoms with Crippen LogP contribution in [0.2, 0.25) is 0 Å². The molecular weight excluding hydrogens is 516 g/mol. The molecule has 0 fully saturated rings. The van der Waals surface area contributed by atoms with Gasteiger partial charge in [0, 0.05) is 17.5 Å². The lowest BCUT2D eigenvalue weighted by molar-refractivity contribution is 0.0946. The number of hydrogen-bond donors (Lipinski definition) is 3. The summed E-state index contributed by atoms with van der Waals surface area (Å²) in [6.07, 6.45) is 4.19. The van der Waals surface area contributed by atoms with Gasteiger partial charge in [0.05, 0.1) is 18.5 Å². The number of nitrogens with one attached hydrogen (secondary N) is 1. The van der Waals surface area contributed by atoms with E-state index in [1.165, 1.54) is 0 Å². The zero-order valence-corrected chi connectivity index (χ0v) is 21.5. The Kier molecular flexibility index (Phi) is 9.64. The Morgan fingerprint density at radius 2 is 1.92 bits per heavy atom. The highest BCUT2D eigenvalue weighted by Gasteiger charge is 2.22. The zero-order chi connectivity index (χ0) is 26.8. The van der Waals surface area contributed by atoms with Crippen LogP contribution in [-0.2, 0) is 16.6 Å². The summed E-state index contributed by atoms with van der Waals surface area (Å²) in [6.45, 7) is 0.246. The normalized spacial score (nSPS) is 12.5. The summed E-state index contributed by atoms with van der Waals surface area (Å²) in [5.74, 6) is -0.162. The summed E-state index contributed by atoms with van der Waals surface area (Å²) >= 11 is 0.610. The number of carbonyl (C=O) groups is 2. The summed E-state index contributed by atoms with van der Waals surface area (Å²) in [5.41, 5.74) is 8.44. The van der Waals surface area contributed by atoms with Gasteiger partial charge < -0.3 is 20.9 Å². The molecule has 37 heavy (non-hydrogen) atoms. The van der Waals surface area contributed by atoms with Crippen molar-refractivity contribution in [2.24, 2.45) is 10.1 Å². The van der Waals surface area contributed by atoms with Crippen LogP contribution < -0.4 is 15.8 Å². The molecule has 3 rings (SSSR count). The third-order valence-corrected chi connectivity index (χ3v) is 6.25. The van der Waals surface area contributed by atoms with Crippen LogP contribution in [-0.4, -0.2) is 53.6 Å². The molecule has 2 aromatic carbocycles. The second-order valence-corrected chi connectivity index (χ2v) is 10.6. The van der Waals surface area contributed by atoms with Gasteiger partial charge in [0.25, 0.3) is 15.9 Å². The van der Waals surface area contributed by atoms with E-state index in [1.807, 2.05) is 36.4 Å². The lowest BCUT2D eigenvalue weighted by Crippen LogP contribution is -2.45. The number of ether oxygens (including phenoxy) is 1. The Morgan fingerprint density at radius 3 is 2.57 bits per heavy atom. The number of amides is 1. The van der Waals surface area contributed by atoms with E-state index in [9.17, 15) is 18.0 Å². The van der Waals surface area contributed by atoms with Gasteiger partial charge in [-0.05, 0) is 59.1 Å². The Morgan fingerprint density at radius 1 is 1.16 bits per heavy atom. The van der Waals surface area contributed by atoms with E-state index < -0.39 is 27.3 Å². The smallest absolute Gasteiger partial charge is 0.364 e. The first kappa shape index (κ1) is 27.7. The standard InChI is InChI=1S/C25H26N4O6S2/c1-37(33,34)29-23(26)22(11-13-36-25(31)32)28-24(30)20-10-9-17(16-35-19-8-5-12-27-15-19)14-21(20)18-6-3-2-4-7-18/h2-10,12,14-15,22H,11,13,16H2,1H3,(H2,26,29)(H,28,30)(H,31,32)/t22-/m0/s1. The number of rotatable bonds is 11. The van der Waals surface area contributed by atoms with Crippen molar-refractivity contribution in [2.75, 3.05) is 12.0 Å². The minimum atomic E-state index is -3.83. The van der Waals surface area contributed by atoms with Crippen molar-refractivity contribution < 1.29 is 27.9 Å². The molecule has 10 nitrogen and oxygen atoms in total. The molecule has 4 N–H and O–H groups in total. The topological polar surface area (TPSA) is 161 Å². The first-order valence-corrected chi connectivity index (χ1v) is 13.9. The van der Waals surface area contributed by atoms with Gasteiger partial charge in [-0.2, -0.15) is 0 Å². The minimum absolute atomic E-state index is 0.0608. The summed E-state index contributed by atoms with van der Waals surface area (Å²) in [4.78, 5) is 28.3. The number of amidine groups is 1. The van der Waals surface area contributed by atoms with Gasteiger partial charge in [0.1, 0.15) is 18.2 Å². The number of hydrogen-bond acceptors (Lipinski definition) is 7. The number of carbonyl (C=O) groups excluding carboxylic acids is 1. The van der Waals surface area contributed by atoms with Crippen LogP contribution in [0.25, 0.3) is 11.1 Å². The van der Waals surface area contributed by atoms with E-state index in [0.29, 0.717) is 28.6 Å². The lowest BCUT2D eigenvalue weighted by atomic mass is 9.96. The minimum Gasteiger partial charge on any atom is -0.487 e. The maximum atomic E-state index is 13.4. The highest BCUT2D eigenvalue weighted by Crippen LogP contribution is 2.26. The van der Waals surface area contributed by atoms with Crippen molar-refractivity contribution in [3.8, 4) is 16.9 Å². The molecule has 1 atom stereocenters. The van der Waals surface area contributed by atoms with Crippen LogP contribution in [0.4, 0.5) is 4.79 Å². The molecule has 1 amide bonds. The lowest BCUT2D eigenvalue weighted by Gasteiger charge is -2.19. The zero-order valence-electron chi connectivity index (χ0n) is 19.9. The first-order valence-electron chi connectivity index (χ1n) is 11.1. The molecule has 0 radical (unpaired) electrons. The summed E-state index contributed by atoms with van der Waals surface area (Å²) in [7, 11) is -3.83. The monoisotopic (exact) mass is 542 g/mol. The van der Waals surface area contributed by atoms with E-state index in [1.54, 1.807) is 36.7 Å². The predicted molar refractivity (Wildman–Crippen MR) is 143 cm³/mol. The number of pyridine rings is 1. The molecule has 0 aliphatic rings. The Hall–Kier alpha value is -3.90. The second kappa shape index (κ2) is 12.9. The van der Waals surface area contributed by atoms with Crippen LogP contribution in [0, 0.1) is 0 Å². The second-order valence-electron chi connectivity index (χ2n) is 7.90. The molecular formula is C25H26N4O6S2. The van der Waals surface area contributed by atoms with Gasteiger partial charge in [0.15, 0.2) is 0 Å². The van der Waals surface area contributed by atoms with Gasteiger partial charge in [-0.15, -0.1) is 4.40 Å². The molecule has 0 unspecified atom stereocenters. The Labute approximate surface area is 219 Å². The first-order chi connectivity index (χ1) is 17.6. The average Bonchev–Trinajstić information content (AvgIpc) is 2.86. The number of aromatic nitrogens is 1. The van der Waals surface area contributed by atoms with Gasteiger partial charge in [0.2, 0.25) is 0 Å². The third-order valence-electron chi connectivity index (χ3n) is 5.02. The maximum Gasteiger partial charge on any atom is 0.364 e. The van der Waals surface area contributed by atoms with Crippen molar-refractivity contribution in [1.29, 1.82) is 0 Å². The molecule has 3 aromatic rings. The molecule has 194 valence electrons. The largest absolute Gasteiger partial charge is 0.487 e. The molecule has 0 spiro atoms. The molecule has 0 saturated carbocycles. The molecule has 0 aliphatic heterocycles. The molecule has 1 aromatic heterocycles. The van der Waals surface area contributed by atoms with Gasteiger partial charge in [-0.25, -0.2) is 13.2 Å². The fraction of sp³-hybridized carbons (Fsp3) is 0.200. The maximum absolute atomic E-state index is 13.4. The van der Waals surface area contributed by atoms with Gasteiger partial charge >= 0.3 is 5.30 Å². The quantitative estimate of drug-likeness (QED) is 0.243. The van der Waals surface area contributed by atoms with Gasteiger partial charge in [-0.1, -0.05) is 36.4 Å². The van der Waals surface area contributed by atoms with Crippen LogP contribution in [0.3, 0.4) is 0 Å². The Bertz CT molecular complexity index is 1370. The number of thioether (sulfide) groups is 1. The molecule has 0 aliphatic carbocycles. The number of sulfonamides is 1. The van der Waals surface area contributed by atoms with Crippen LogP contribution in [0.5, 0.6) is 5.75 Å². The van der Waals surface area contributed by atoms with E-state index in [-0.39, 0.29) is 24.6 Å². The summed E-state index contributed by atoms with van der Waals surface area (Å²) < 4.78 is 32.5. The van der Waals surface area contributed by atoms with E-state index >= 15 is 0 Å². The third kappa shape index (κ3) is 8.92. The SMILES string of the molecule is CS(=O)(=O)N=C(N)[C@H](CCSC(=O)O)NC(=O)c1ccc(COc2cccnc2)cc1-c1ccccc1. The highest BCUT2D eigenvalue weighted by molar-refractivity contribution is 8.13. The van der Waals surface area contributed by atoms with Gasteiger partial charge in [-0.3, -0.25) is 9.78 Å². The van der Waals surface area contributed by atoms with Crippen LogP contribution >= 0.6 is 11.8 Å². The van der Waals surface area contributed by atoms with E-state index in [0.717, 1.165) is 17.4 Å². The number of nitrogens with two attached hydrogens (primary N) is 1. The van der Waals surface area contributed by atoms with Crippen LogP contribution in [0.1, 0.15) is 22.3 Å². The number of carboxylic acid groups (broad SMARTS) is 1. The molecule has 0 saturated heterocycles. The average molecular weight is 543 g/mol. The van der Waals surface area contributed by atoms with Crippen LogP contribution in [0.15, 0.2) is 77.5 Å². The predicted octanol–water partition coefficient (Wildman–Crippen LogP) is 3.54. The van der Waals surface area contributed by atoms with Crippen molar-refractivity contribution in [2.45, 2.75) is 19.1 Å². The molecule has 1 heterocycles. The number of nitrogens with zero attached hydrogens (tertiary/aromatic N) is 2. The highest BCUT2D eigenvalue weighted by atomic mass is 32.2. The van der Waals surface area contributed by atoms with Crippen molar-refractivity contribution in [3.63, 3.8) is 0 Å². The number of benzene rings is 2. The fourth-order valence-electron chi connectivity index (χ4n) is 3.38. The fourth-order valence-corrected chi connectivity index (χ4v) is 4.42. The Balaban J connectivity index is 1.90. The van der Waals surface area contributed by atoms with E-state index in [4.69, 9.17) is 15.6 Å². The van der Waals surface area contributed by atoms with E-state index in [2.05, 4.69) is 14.7 Å². The molecule has 0 bridgehead atoms. The van der Waals surface area contributed by atoms with Crippen molar-refractivity contribution in [3.05, 3.63) is 84.2 Å².